The van der Waals surface area contributed by atoms with E-state index in [9.17, 15) is 36.3 Å². The minimum atomic E-state index is -4.67. The van der Waals surface area contributed by atoms with Crippen LogP contribution in [0.25, 0.3) is 0 Å². The molecule has 41 heavy (non-hydrogen) atoms. The number of hydrogen-bond acceptors (Lipinski definition) is 4. The topological polar surface area (TPSA) is 114 Å². The van der Waals surface area contributed by atoms with Gasteiger partial charge >= 0.3 is 6.18 Å². The second kappa shape index (κ2) is 11.8. The summed E-state index contributed by atoms with van der Waals surface area (Å²) in [6.07, 6.45) is -9.93. The van der Waals surface area contributed by atoms with Crippen LogP contribution in [0.3, 0.4) is 0 Å². The van der Waals surface area contributed by atoms with Crippen molar-refractivity contribution in [3.8, 4) is 0 Å². The predicted molar refractivity (Wildman–Crippen MR) is 143 cm³/mol. The SMILES string of the molecule is Cc1cccc(C2=NC(NC(=O)C(CCC(F)(F)F)C(CC3CC(F)(F)C3)C(N)=O)C(=O)Nc3c(Cl)cccc32)c1. The standard InChI is InChI=1S/C28H28ClF5N4O3/c1-14-4-2-5-16(10-14)21-18-6-3-7-20(29)22(18)37-26(41)24(36-21)38-25(40)17(8-9-28(32,33)34)19(23(35)39)11-15-12-27(30,31)13-15/h2-7,10,15,17,19,24H,8-9,11-13H2,1H3,(H2,35,39)(H,37,41)(H,38,40). The quantitative estimate of drug-likeness (QED) is 0.337. The number of halogens is 6. The first-order valence-corrected chi connectivity index (χ1v) is 13.3. The van der Waals surface area contributed by atoms with Gasteiger partial charge in [-0.3, -0.25) is 14.4 Å². The summed E-state index contributed by atoms with van der Waals surface area (Å²) in [5.74, 6) is -9.70. The largest absolute Gasteiger partial charge is 0.389 e. The average Bonchev–Trinajstić information content (AvgIpc) is 2.98. The van der Waals surface area contributed by atoms with Crippen LogP contribution in [0.5, 0.6) is 0 Å². The molecule has 0 radical (unpaired) electrons. The number of anilines is 1. The molecule has 3 atom stereocenters. The lowest BCUT2D eigenvalue weighted by Crippen LogP contribution is -2.49. The molecule has 3 amide bonds. The van der Waals surface area contributed by atoms with E-state index in [0.717, 1.165) is 5.56 Å². The number of rotatable bonds is 9. The van der Waals surface area contributed by atoms with Crippen LogP contribution < -0.4 is 16.4 Å². The number of carbonyl (C=O) groups excluding carboxylic acids is 3. The van der Waals surface area contributed by atoms with Crippen LogP contribution in [0.15, 0.2) is 47.5 Å². The lowest BCUT2D eigenvalue weighted by molar-refractivity contribution is -0.149. The molecule has 13 heteroatoms. The molecule has 0 aromatic heterocycles. The number of fused-ring (bicyclic) bond motifs is 1. The summed E-state index contributed by atoms with van der Waals surface area (Å²) < 4.78 is 66.4. The maximum atomic E-state index is 13.5. The minimum Gasteiger partial charge on any atom is -0.369 e. The molecule has 0 spiro atoms. The number of nitrogens with one attached hydrogen (secondary N) is 2. The number of aliphatic imine (C=N–C) groups is 1. The van der Waals surface area contributed by atoms with Crippen molar-refractivity contribution in [2.75, 3.05) is 5.32 Å². The van der Waals surface area contributed by atoms with Crippen LogP contribution >= 0.6 is 11.6 Å². The van der Waals surface area contributed by atoms with Crippen LogP contribution in [0, 0.1) is 24.7 Å². The van der Waals surface area contributed by atoms with Crippen LogP contribution in [-0.2, 0) is 14.4 Å². The number of hydrogen-bond donors (Lipinski definition) is 3. The lowest BCUT2D eigenvalue weighted by Gasteiger charge is -2.38. The van der Waals surface area contributed by atoms with Gasteiger partial charge in [0.25, 0.3) is 5.91 Å². The highest BCUT2D eigenvalue weighted by Gasteiger charge is 2.48. The monoisotopic (exact) mass is 598 g/mol. The average molecular weight is 599 g/mol. The molecule has 4 rings (SSSR count). The number of amides is 3. The van der Waals surface area contributed by atoms with Crippen molar-refractivity contribution in [1.29, 1.82) is 0 Å². The predicted octanol–water partition coefficient (Wildman–Crippen LogP) is 5.38. The highest BCUT2D eigenvalue weighted by atomic mass is 35.5. The number of benzene rings is 2. The molecule has 1 aliphatic carbocycles. The van der Waals surface area contributed by atoms with Crippen molar-refractivity contribution in [1.82, 2.24) is 5.32 Å². The Balaban J connectivity index is 1.68. The first-order chi connectivity index (χ1) is 19.1. The van der Waals surface area contributed by atoms with Crippen molar-refractivity contribution in [3.63, 3.8) is 0 Å². The first kappa shape index (κ1) is 30.4. The second-order valence-corrected chi connectivity index (χ2v) is 11.0. The Morgan fingerprint density at radius 1 is 1.17 bits per heavy atom. The van der Waals surface area contributed by atoms with Gasteiger partial charge in [-0.05, 0) is 37.8 Å². The zero-order chi connectivity index (χ0) is 30.1. The van der Waals surface area contributed by atoms with E-state index in [1.807, 2.05) is 13.0 Å². The summed E-state index contributed by atoms with van der Waals surface area (Å²) in [6, 6.07) is 12.0. The molecule has 7 nitrogen and oxygen atoms in total. The molecule has 2 aromatic carbocycles. The fraction of sp³-hybridized carbons (Fsp3) is 0.429. The molecule has 4 N–H and O–H groups in total. The van der Waals surface area contributed by atoms with Crippen molar-refractivity contribution in [2.45, 2.75) is 57.3 Å². The van der Waals surface area contributed by atoms with Crippen LogP contribution in [0.1, 0.15) is 48.8 Å². The van der Waals surface area contributed by atoms with Gasteiger partial charge in [-0.25, -0.2) is 13.8 Å². The highest BCUT2D eigenvalue weighted by molar-refractivity contribution is 6.36. The number of primary amides is 1. The molecule has 220 valence electrons. The van der Waals surface area contributed by atoms with E-state index in [1.165, 1.54) is 0 Å². The smallest absolute Gasteiger partial charge is 0.369 e. The number of alkyl halides is 5. The van der Waals surface area contributed by atoms with E-state index in [-0.39, 0.29) is 22.8 Å². The van der Waals surface area contributed by atoms with Gasteiger partial charge in [-0.1, -0.05) is 47.5 Å². The number of nitrogens with two attached hydrogens (primary N) is 1. The van der Waals surface area contributed by atoms with Gasteiger partial charge in [0.15, 0.2) is 0 Å². The van der Waals surface area contributed by atoms with Crippen molar-refractivity contribution < 1.29 is 36.3 Å². The molecule has 1 aliphatic heterocycles. The summed E-state index contributed by atoms with van der Waals surface area (Å²) in [6.45, 7) is 1.84. The second-order valence-electron chi connectivity index (χ2n) is 10.5. The number of benzodiazepines with no additional fused rings is 1. The third-order valence-corrected chi connectivity index (χ3v) is 7.60. The summed E-state index contributed by atoms with van der Waals surface area (Å²) in [5, 5.41) is 5.17. The molecule has 1 heterocycles. The van der Waals surface area contributed by atoms with Crippen LogP contribution in [-0.4, -0.2) is 41.7 Å². The summed E-state index contributed by atoms with van der Waals surface area (Å²) >= 11 is 6.35. The Hall–Kier alpha value is -3.54. The van der Waals surface area contributed by atoms with Gasteiger partial charge < -0.3 is 16.4 Å². The van der Waals surface area contributed by atoms with Gasteiger partial charge in [0, 0.05) is 42.2 Å². The minimum absolute atomic E-state index is 0.192. The Morgan fingerprint density at radius 3 is 2.46 bits per heavy atom. The van der Waals surface area contributed by atoms with Crippen molar-refractivity contribution >= 4 is 40.7 Å². The van der Waals surface area contributed by atoms with Gasteiger partial charge in [0.2, 0.25) is 23.9 Å². The van der Waals surface area contributed by atoms with Crippen LogP contribution in [0.4, 0.5) is 27.6 Å². The normalized spacial score (nSPS) is 20.0. The molecule has 1 fully saturated rings. The number of para-hydroxylation sites is 1. The Bertz CT molecular complexity index is 1370. The van der Waals surface area contributed by atoms with E-state index >= 15 is 0 Å². The van der Waals surface area contributed by atoms with E-state index < -0.39 is 79.4 Å². The molecule has 2 aromatic rings. The Labute approximate surface area is 237 Å². The van der Waals surface area contributed by atoms with Gasteiger partial charge in [-0.2, -0.15) is 13.2 Å². The molecular weight excluding hydrogens is 571 g/mol. The van der Waals surface area contributed by atoms with Crippen LogP contribution in [0.2, 0.25) is 5.02 Å². The lowest BCUT2D eigenvalue weighted by atomic mass is 9.72. The fourth-order valence-corrected chi connectivity index (χ4v) is 5.50. The number of aryl methyl sites for hydroxylation is 1. The molecule has 1 saturated carbocycles. The summed E-state index contributed by atoms with van der Waals surface area (Å²) in [4.78, 5) is 43.5. The third-order valence-electron chi connectivity index (χ3n) is 7.28. The molecule has 3 unspecified atom stereocenters. The van der Waals surface area contributed by atoms with Gasteiger partial charge in [-0.15, -0.1) is 0 Å². The van der Waals surface area contributed by atoms with Gasteiger partial charge in [0.1, 0.15) is 0 Å². The van der Waals surface area contributed by atoms with Crippen molar-refractivity contribution in [2.24, 2.45) is 28.5 Å². The molecule has 0 saturated heterocycles. The van der Waals surface area contributed by atoms with E-state index in [4.69, 9.17) is 17.3 Å². The maximum absolute atomic E-state index is 13.5. The third kappa shape index (κ3) is 7.41. The molecule has 2 aliphatic rings. The first-order valence-electron chi connectivity index (χ1n) is 12.9. The Kier molecular flexibility index (Phi) is 8.72. The fourth-order valence-electron chi connectivity index (χ4n) is 5.28. The Morgan fingerprint density at radius 2 is 1.85 bits per heavy atom. The summed E-state index contributed by atoms with van der Waals surface area (Å²) in [5.41, 5.74) is 7.88. The number of carbonyl (C=O) groups is 3. The van der Waals surface area contributed by atoms with E-state index in [1.54, 1.807) is 36.4 Å². The molecular formula is C28H28ClF5N4O3. The number of nitrogens with zero attached hydrogens (tertiary/aromatic N) is 1. The van der Waals surface area contributed by atoms with E-state index in [0.29, 0.717) is 11.1 Å². The van der Waals surface area contributed by atoms with Gasteiger partial charge in [0.05, 0.1) is 16.4 Å². The van der Waals surface area contributed by atoms with E-state index in [2.05, 4.69) is 15.6 Å². The zero-order valence-electron chi connectivity index (χ0n) is 21.9. The highest BCUT2D eigenvalue weighted by Crippen LogP contribution is 2.46. The summed E-state index contributed by atoms with van der Waals surface area (Å²) in [7, 11) is 0. The van der Waals surface area contributed by atoms with Crippen molar-refractivity contribution in [3.05, 3.63) is 64.2 Å². The molecule has 0 bridgehead atoms. The zero-order valence-corrected chi connectivity index (χ0v) is 22.7. The maximum Gasteiger partial charge on any atom is 0.389 e.